The molecule has 3 heterocycles. The molecule has 8 N–H and O–H groups in total. The standard InChI is InChI=1S/C33H52O17/c1-13(2)7-19(35)46-12-33(43)22-16(47-20(36)8-14(3)4)6-5-15(21(22)29-30(33)50-29)10-44-31-28(42)26(40)24(38)18(49-31)11-45-32-27(41)25(39)23(37)17(9-34)48-32/h5,13-14,16-18,21-32,34,37-43H,6-12H2,1-4H3/t16-,17-,18-,21-,22+,23-,24-,25+,26+,27-,28-,29+,30+,31-,32-,33-/m1/s1. The number of aliphatic hydroxyl groups is 8. The summed E-state index contributed by atoms with van der Waals surface area (Å²) in [6, 6.07) is 0. The highest BCUT2D eigenvalue weighted by atomic mass is 16.7. The Kier molecular flexibility index (Phi) is 12.6. The number of esters is 2. The Morgan fingerprint density at radius 2 is 1.40 bits per heavy atom. The Hall–Kier alpha value is -1.84. The van der Waals surface area contributed by atoms with Crippen molar-refractivity contribution in [3.05, 3.63) is 11.6 Å². The van der Waals surface area contributed by atoms with Gasteiger partial charge in [0.15, 0.2) is 12.6 Å². The molecule has 1 saturated carbocycles. The summed E-state index contributed by atoms with van der Waals surface area (Å²) < 4.78 is 39.7. The van der Waals surface area contributed by atoms with Crippen molar-refractivity contribution in [1.82, 2.24) is 0 Å². The van der Waals surface area contributed by atoms with E-state index in [2.05, 4.69) is 0 Å². The van der Waals surface area contributed by atoms with Gasteiger partial charge in [-0.25, -0.2) is 0 Å². The summed E-state index contributed by atoms with van der Waals surface area (Å²) in [4.78, 5) is 25.2. The van der Waals surface area contributed by atoms with Crippen LogP contribution in [-0.2, 0) is 42.7 Å². The summed E-state index contributed by atoms with van der Waals surface area (Å²) in [5.74, 6) is -2.07. The molecule has 0 spiro atoms. The minimum atomic E-state index is -1.75. The average Bonchev–Trinajstić information content (AvgIpc) is 3.81. The van der Waals surface area contributed by atoms with Gasteiger partial charge in [-0.15, -0.1) is 0 Å². The normalized spacial score (nSPS) is 44.0. The molecule has 50 heavy (non-hydrogen) atoms. The first-order valence-corrected chi connectivity index (χ1v) is 17.2. The lowest BCUT2D eigenvalue weighted by Crippen LogP contribution is -2.61. The molecule has 2 aliphatic carbocycles. The molecule has 0 aromatic carbocycles. The van der Waals surface area contributed by atoms with Gasteiger partial charge in [-0.3, -0.25) is 9.59 Å². The Morgan fingerprint density at radius 3 is 2.02 bits per heavy atom. The molecule has 0 aromatic heterocycles. The molecule has 3 aliphatic heterocycles. The molecule has 16 atom stereocenters. The highest BCUT2D eigenvalue weighted by Gasteiger charge is 2.73. The SMILES string of the molecule is CC(C)CC(=O)OC[C@@]1(O)[C@@H]2[C@@H](C(CO[C@@H]3O[C@H](CO[C@@H]4O[C@H](CO)[C@@H](O)[C@H](O)[C@H]4O)[C@@H](O)[C@H](O)[C@H]3O)=CC[C@H]2OC(=O)CC(C)C)[C@@H]2O[C@@H]21. The molecule has 0 aromatic rings. The van der Waals surface area contributed by atoms with E-state index in [9.17, 15) is 50.4 Å². The molecule has 0 unspecified atom stereocenters. The van der Waals surface area contributed by atoms with E-state index in [0.29, 0.717) is 5.57 Å². The van der Waals surface area contributed by atoms with E-state index < -0.39 is 122 Å². The molecule has 17 nitrogen and oxygen atoms in total. The first-order valence-electron chi connectivity index (χ1n) is 17.2. The maximum atomic E-state index is 12.8. The molecule has 0 radical (unpaired) electrons. The number of aliphatic hydroxyl groups excluding tert-OH is 7. The van der Waals surface area contributed by atoms with Gasteiger partial charge in [0.25, 0.3) is 0 Å². The molecule has 5 aliphatic rings. The number of carbonyl (C=O) groups is 2. The Bertz CT molecular complexity index is 1210. The van der Waals surface area contributed by atoms with E-state index in [4.69, 9.17) is 33.2 Å². The summed E-state index contributed by atoms with van der Waals surface area (Å²) in [6.45, 7) is 5.75. The van der Waals surface area contributed by atoms with Crippen molar-refractivity contribution in [3.8, 4) is 0 Å². The number of rotatable bonds is 14. The minimum Gasteiger partial charge on any atom is -0.462 e. The van der Waals surface area contributed by atoms with Crippen molar-refractivity contribution in [1.29, 1.82) is 0 Å². The van der Waals surface area contributed by atoms with E-state index in [0.717, 1.165) is 0 Å². The fraction of sp³-hybridized carbons (Fsp3) is 0.879. The number of hydrogen-bond acceptors (Lipinski definition) is 17. The molecule has 17 heteroatoms. The predicted octanol–water partition coefficient (Wildman–Crippen LogP) is -2.75. The second-order valence-corrected chi connectivity index (χ2v) is 14.8. The van der Waals surface area contributed by atoms with Crippen LogP contribution in [0, 0.1) is 23.7 Å². The van der Waals surface area contributed by atoms with Crippen LogP contribution >= 0.6 is 0 Å². The number of hydrogen-bond donors (Lipinski definition) is 8. The first-order chi connectivity index (χ1) is 23.6. The molecular weight excluding hydrogens is 668 g/mol. The van der Waals surface area contributed by atoms with Crippen LogP contribution < -0.4 is 0 Å². The smallest absolute Gasteiger partial charge is 0.306 e. The number of ether oxygens (including phenoxy) is 7. The van der Waals surface area contributed by atoms with Crippen LogP contribution in [0.2, 0.25) is 0 Å². The summed E-state index contributed by atoms with van der Waals surface area (Å²) in [7, 11) is 0. The molecule has 3 saturated heterocycles. The monoisotopic (exact) mass is 720 g/mol. The number of fused-ring (bicyclic) bond motifs is 3. The third-order valence-corrected chi connectivity index (χ3v) is 10.0. The quantitative estimate of drug-likeness (QED) is 0.0514. The summed E-state index contributed by atoms with van der Waals surface area (Å²) in [6.07, 6.45) is -15.4. The maximum absolute atomic E-state index is 12.8. The average molecular weight is 721 g/mol. The summed E-state index contributed by atoms with van der Waals surface area (Å²) >= 11 is 0. The molecule has 0 bridgehead atoms. The van der Waals surface area contributed by atoms with Gasteiger partial charge in [0, 0.05) is 31.1 Å². The summed E-state index contributed by atoms with van der Waals surface area (Å²) in [5.41, 5.74) is -1.04. The fourth-order valence-corrected chi connectivity index (χ4v) is 7.41. The molecule has 286 valence electrons. The van der Waals surface area contributed by atoms with Gasteiger partial charge < -0.3 is 74.0 Å². The van der Waals surface area contributed by atoms with Gasteiger partial charge in [0.1, 0.15) is 73.2 Å². The van der Waals surface area contributed by atoms with Gasteiger partial charge in [-0.1, -0.05) is 33.8 Å². The van der Waals surface area contributed by atoms with Crippen LogP contribution in [0.25, 0.3) is 0 Å². The predicted molar refractivity (Wildman–Crippen MR) is 165 cm³/mol. The lowest BCUT2D eigenvalue weighted by molar-refractivity contribution is -0.330. The van der Waals surface area contributed by atoms with Gasteiger partial charge >= 0.3 is 11.9 Å². The van der Waals surface area contributed by atoms with E-state index in [1.807, 2.05) is 27.7 Å². The van der Waals surface area contributed by atoms with Crippen LogP contribution in [-0.4, -0.2) is 165 Å². The third-order valence-electron chi connectivity index (χ3n) is 10.0. The van der Waals surface area contributed by atoms with Crippen molar-refractivity contribution >= 4 is 11.9 Å². The fourth-order valence-electron chi connectivity index (χ4n) is 7.41. The van der Waals surface area contributed by atoms with E-state index in [-0.39, 0.29) is 44.3 Å². The first kappa shape index (κ1) is 39.4. The van der Waals surface area contributed by atoms with Gasteiger partial charge in [-0.2, -0.15) is 0 Å². The zero-order chi connectivity index (χ0) is 36.7. The van der Waals surface area contributed by atoms with E-state index >= 15 is 0 Å². The highest BCUT2D eigenvalue weighted by Crippen LogP contribution is 2.59. The Balaban J connectivity index is 1.27. The van der Waals surface area contributed by atoms with Gasteiger partial charge in [-0.05, 0) is 17.4 Å². The van der Waals surface area contributed by atoms with Crippen molar-refractivity contribution < 1.29 is 83.6 Å². The zero-order valence-electron chi connectivity index (χ0n) is 28.6. The van der Waals surface area contributed by atoms with Gasteiger partial charge in [0.2, 0.25) is 0 Å². The van der Waals surface area contributed by atoms with E-state index in [1.54, 1.807) is 6.08 Å². The van der Waals surface area contributed by atoms with Crippen molar-refractivity contribution in [2.45, 2.75) is 132 Å². The highest BCUT2D eigenvalue weighted by molar-refractivity contribution is 5.70. The van der Waals surface area contributed by atoms with Crippen molar-refractivity contribution in [3.63, 3.8) is 0 Å². The second kappa shape index (κ2) is 16.0. The topological polar surface area (TPSA) is 264 Å². The second-order valence-electron chi connectivity index (χ2n) is 14.8. The van der Waals surface area contributed by atoms with Crippen LogP contribution in [0.5, 0.6) is 0 Å². The van der Waals surface area contributed by atoms with Crippen LogP contribution in [0.3, 0.4) is 0 Å². The molecule has 4 fully saturated rings. The Labute approximate surface area is 289 Å². The molecular formula is C33H52O17. The number of carbonyl (C=O) groups excluding carboxylic acids is 2. The maximum Gasteiger partial charge on any atom is 0.306 e. The minimum absolute atomic E-state index is 0.0415. The van der Waals surface area contributed by atoms with Crippen molar-refractivity contribution in [2.75, 3.05) is 26.4 Å². The summed E-state index contributed by atoms with van der Waals surface area (Å²) in [5, 5.41) is 83.7. The molecule has 0 amide bonds. The third kappa shape index (κ3) is 8.20. The van der Waals surface area contributed by atoms with Crippen LogP contribution in [0.15, 0.2) is 11.6 Å². The van der Waals surface area contributed by atoms with Crippen molar-refractivity contribution in [2.24, 2.45) is 23.7 Å². The van der Waals surface area contributed by atoms with Crippen LogP contribution in [0.1, 0.15) is 47.0 Å². The van der Waals surface area contributed by atoms with Crippen LogP contribution in [0.4, 0.5) is 0 Å². The largest absolute Gasteiger partial charge is 0.462 e. The van der Waals surface area contributed by atoms with Gasteiger partial charge in [0.05, 0.1) is 25.9 Å². The Morgan fingerprint density at radius 1 is 0.820 bits per heavy atom. The lowest BCUT2D eigenvalue weighted by Gasteiger charge is -2.44. The molecule has 5 rings (SSSR count). The van der Waals surface area contributed by atoms with E-state index in [1.165, 1.54) is 0 Å². The lowest BCUT2D eigenvalue weighted by atomic mass is 9.72. The zero-order valence-corrected chi connectivity index (χ0v) is 28.6. The number of epoxide rings is 1.